The van der Waals surface area contributed by atoms with Crippen molar-refractivity contribution in [1.29, 1.82) is 0 Å². The summed E-state index contributed by atoms with van der Waals surface area (Å²) in [7, 11) is 8.35. The number of carbonyl (C=O) groups excluding carboxylic acids is 2. The number of carbonyl (C=O) groups is 2. The molecule has 0 aliphatic rings. The van der Waals surface area contributed by atoms with Gasteiger partial charge in [0, 0.05) is 12.1 Å². The van der Waals surface area contributed by atoms with E-state index >= 15 is 0 Å². The van der Waals surface area contributed by atoms with Gasteiger partial charge in [-0.1, -0.05) is 0 Å². The van der Waals surface area contributed by atoms with Gasteiger partial charge in [0.1, 0.15) is 0 Å². The van der Waals surface area contributed by atoms with E-state index in [9.17, 15) is 9.59 Å². The van der Waals surface area contributed by atoms with Crippen molar-refractivity contribution in [2.45, 2.75) is 6.04 Å². The Morgan fingerprint density at radius 3 is 2.21 bits per heavy atom. The molecule has 9 heteroatoms. The van der Waals surface area contributed by atoms with E-state index in [1.54, 1.807) is 11.3 Å². The Bertz CT molecular complexity index is 799. The van der Waals surface area contributed by atoms with E-state index in [4.69, 9.17) is 14.2 Å². The van der Waals surface area contributed by atoms with E-state index in [1.807, 2.05) is 30.4 Å². The van der Waals surface area contributed by atoms with Crippen LogP contribution in [0.1, 0.15) is 22.0 Å². The summed E-state index contributed by atoms with van der Waals surface area (Å²) in [5.74, 6) is 0.443. The third-order valence-corrected chi connectivity index (χ3v) is 5.08. The number of rotatable bonds is 10. The molecule has 8 nitrogen and oxygen atoms in total. The highest BCUT2D eigenvalue weighted by Gasteiger charge is 2.18. The zero-order valence-corrected chi connectivity index (χ0v) is 18.1. The molecular formula is C20H27N3O5S. The van der Waals surface area contributed by atoms with Crippen LogP contribution in [0.4, 0.5) is 0 Å². The smallest absolute Gasteiger partial charge is 0.251 e. The molecule has 1 aromatic heterocycles. The van der Waals surface area contributed by atoms with E-state index < -0.39 is 5.91 Å². The van der Waals surface area contributed by atoms with Crippen molar-refractivity contribution in [3.05, 3.63) is 40.1 Å². The van der Waals surface area contributed by atoms with Gasteiger partial charge in [-0.05, 0) is 48.6 Å². The molecule has 0 spiro atoms. The second-order valence-electron chi connectivity index (χ2n) is 6.44. The van der Waals surface area contributed by atoms with Crippen LogP contribution in [0.15, 0.2) is 29.0 Å². The lowest BCUT2D eigenvalue weighted by molar-refractivity contribution is -0.120. The summed E-state index contributed by atoms with van der Waals surface area (Å²) in [4.78, 5) is 26.7. The molecule has 1 unspecified atom stereocenters. The lowest BCUT2D eigenvalue weighted by Gasteiger charge is -2.24. The maximum absolute atomic E-state index is 12.5. The highest BCUT2D eigenvalue weighted by molar-refractivity contribution is 7.07. The van der Waals surface area contributed by atoms with Gasteiger partial charge in [-0.2, -0.15) is 11.3 Å². The van der Waals surface area contributed by atoms with Gasteiger partial charge in [-0.3, -0.25) is 9.59 Å². The van der Waals surface area contributed by atoms with Gasteiger partial charge < -0.3 is 29.7 Å². The van der Waals surface area contributed by atoms with Crippen LogP contribution < -0.4 is 24.8 Å². The standard InChI is InChI=1S/C20H27N3O5S/c1-23(2)15(13-6-7-29-12-13)10-21-18(24)11-22-20(25)14-8-16(26-3)19(28-5)17(9-14)27-4/h6-9,12,15H,10-11H2,1-5H3,(H,21,24)(H,22,25). The summed E-state index contributed by atoms with van der Waals surface area (Å²) in [6, 6.07) is 5.17. The van der Waals surface area contributed by atoms with E-state index in [2.05, 4.69) is 16.0 Å². The van der Waals surface area contributed by atoms with Crippen LogP contribution in [0.25, 0.3) is 0 Å². The summed E-state index contributed by atoms with van der Waals surface area (Å²) < 4.78 is 15.7. The molecule has 2 N–H and O–H groups in total. The number of hydrogen-bond acceptors (Lipinski definition) is 7. The average Bonchev–Trinajstić information content (AvgIpc) is 3.24. The minimum absolute atomic E-state index is 0.0658. The van der Waals surface area contributed by atoms with Crippen molar-refractivity contribution in [3.8, 4) is 17.2 Å². The second kappa shape index (κ2) is 10.7. The molecule has 0 bridgehead atoms. The number of nitrogens with zero attached hydrogens (tertiary/aromatic N) is 1. The van der Waals surface area contributed by atoms with E-state index in [-0.39, 0.29) is 18.5 Å². The number of hydrogen-bond donors (Lipinski definition) is 2. The minimum Gasteiger partial charge on any atom is -0.493 e. The number of thiophene rings is 1. The van der Waals surface area contributed by atoms with Crippen molar-refractivity contribution in [3.63, 3.8) is 0 Å². The van der Waals surface area contributed by atoms with Crippen LogP contribution in [-0.4, -0.2) is 65.2 Å². The molecular weight excluding hydrogens is 394 g/mol. The van der Waals surface area contributed by atoms with Crippen molar-refractivity contribution in [2.24, 2.45) is 0 Å². The fraction of sp³-hybridized carbons (Fsp3) is 0.400. The molecule has 0 saturated heterocycles. The van der Waals surface area contributed by atoms with Crippen molar-refractivity contribution in [1.82, 2.24) is 15.5 Å². The van der Waals surface area contributed by atoms with Crippen molar-refractivity contribution in [2.75, 3.05) is 48.5 Å². The second-order valence-corrected chi connectivity index (χ2v) is 7.22. The first-order valence-electron chi connectivity index (χ1n) is 8.94. The van der Waals surface area contributed by atoms with Crippen LogP contribution in [0.2, 0.25) is 0 Å². The highest BCUT2D eigenvalue weighted by Crippen LogP contribution is 2.38. The predicted molar refractivity (Wildman–Crippen MR) is 112 cm³/mol. The Balaban J connectivity index is 1.95. The molecule has 0 radical (unpaired) electrons. The normalized spacial score (nSPS) is 11.7. The maximum atomic E-state index is 12.5. The van der Waals surface area contributed by atoms with Gasteiger partial charge in [0.05, 0.1) is 33.9 Å². The molecule has 0 fully saturated rings. The Morgan fingerprint density at radius 2 is 1.72 bits per heavy atom. The number of amides is 2. The van der Waals surface area contributed by atoms with Gasteiger partial charge in [-0.25, -0.2) is 0 Å². The molecule has 2 amide bonds. The summed E-state index contributed by atoms with van der Waals surface area (Å²) in [6.45, 7) is 0.307. The largest absolute Gasteiger partial charge is 0.493 e. The third kappa shape index (κ3) is 5.85. The lowest BCUT2D eigenvalue weighted by atomic mass is 10.1. The summed E-state index contributed by atoms with van der Waals surface area (Å²) in [6.07, 6.45) is 0. The SMILES string of the molecule is COc1cc(C(=O)NCC(=O)NCC(c2ccsc2)N(C)C)cc(OC)c1OC. The number of likely N-dealkylation sites (N-methyl/N-ethyl adjacent to an activating group) is 1. The molecule has 158 valence electrons. The van der Waals surface area contributed by atoms with Crippen LogP contribution in [-0.2, 0) is 4.79 Å². The molecule has 2 aromatic rings. The molecule has 29 heavy (non-hydrogen) atoms. The van der Waals surface area contributed by atoms with E-state index in [0.717, 1.165) is 5.56 Å². The Hall–Kier alpha value is -2.78. The average molecular weight is 422 g/mol. The fourth-order valence-corrected chi connectivity index (χ4v) is 3.52. The first kappa shape index (κ1) is 22.5. The molecule has 1 heterocycles. The zero-order chi connectivity index (χ0) is 21.4. The van der Waals surface area contributed by atoms with E-state index in [1.165, 1.54) is 33.5 Å². The van der Waals surface area contributed by atoms with Gasteiger partial charge in [-0.15, -0.1) is 0 Å². The molecule has 1 aromatic carbocycles. The quantitative estimate of drug-likeness (QED) is 0.609. The first-order valence-corrected chi connectivity index (χ1v) is 9.89. The Morgan fingerprint density at radius 1 is 1.07 bits per heavy atom. The highest BCUT2D eigenvalue weighted by atomic mass is 32.1. The number of benzene rings is 1. The predicted octanol–water partition coefficient (Wildman–Crippen LogP) is 1.92. The Labute approximate surface area is 174 Å². The van der Waals surface area contributed by atoms with Crippen LogP contribution >= 0.6 is 11.3 Å². The maximum Gasteiger partial charge on any atom is 0.251 e. The third-order valence-electron chi connectivity index (χ3n) is 4.38. The number of nitrogens with one attached hydrogen (secondary N) is 2. The van der Waals surface area contributed by atoms with Gasteiger partial charge in [0.25, 0.3) is 5.91 Å². The molecule has 0 aliphatic heterocycles. The zero-order valence-electron chi connectivity index (χ0n) is 17.3. The molecule has 0 aliphatic carbocycles. The topological polar surface area (TPSA) is 89.1 Å². The van der Waals surface area contributed by atoms with Crippen molar-refractivity contribution >= 4 is 23.2 Å². The summed E-state index contributed by atoms with van der Waals surface area (Å²) >= 11 is 1.61. The number of methoxy groups -OCH3 is 3. The molecule has 0 saturated carbocycles. The van der Waals surface area contributed by atoms with Crippen LogP contribution in [0.5, 0.6) is 17.2 Å². The van der Waals surface area contributed by atoms with E-state index in [0.29, 0.717) is 29.4 Å². The van der Waals surface area contributed by atoms with Gasteiger partial charge in [0.15, 0.2) is 11.5 Å². The minimum atomic E-state index is -0.415. The molecule has 2 rings (SSSR count). The molecule has 1 atom stereocenters. The summed E-state index contributed by atoms with van der Waals surface area (Å²) in [5.41, 5.74) is 1.44. The number of ether oxygens (including phenoxy) is 3. The fourth-order valence-electron chi connectivity index (χ4n) is 2.81. The van der Waals surface area contributed by atoms with Gasteiger partial charge >= 0.3 is 0 Å². The van der Waals surface area contributed by atoms with Crippen molar-refractivity contribution < 1.29 is 23.8 Å². The summed E-state index contributed by atoms with van der Waals surface area (Å²) in [5, 5.41) is 9.54. The first-order chi connectivity index (χ1) is 13.9. The van der Waals surface area contributed by atoms with Gasteiger partial charge in [0.2, 0.25) is 11.7 Å². The van der Waals surface area contributed by atoms with Crippen LogP contribution in [0.3, 0.4) is 0 Å². The lowest BCUT2D eigenvalue weighted by Crippen LogP contribution is -2.40. The monoisotopic (exact) mass is 421 g/mol. The van der Waals surface area contributed by atoms with Crippen LogP contribution in [0, 0.1) is 0 Å². The Kier molecular flexibility index (Phi) is 8.29.